The van der Waals surface area contributed by atoms with Crippen molar-refractivity contribution in [3.05, 3.63) is 46.3 Å². The summed E-state index contributed by atoms with van der Waals surface area (Å²) in [6.07, 6.45) is 2.62. The summed E-state index contributed by atoms with van der Waals surface area (Å²) in [7, 11) is 1.89. The van der Waals surface area contributed by atoms with Crippen molar-refractivity contribution in [2.24, 2.45) is 11.7 Å². The van der Waals surface area contributed by atoms with Gasteiger partial charge in [0.25, 0.3) is 5.69 Å². The Labute approximate surface area is 130 Å². The fraction of sp³-hybridized carbons (Fsp3) is 0.467. The van der Waals surface area contributed by atoms with Crippen LogP contribution >= 0.6 is 0 Å². The van der Waals surface area contributed by atoms with Crippen molar-refractivity contribution >= 4 is 5.69 Å². The van der Waals surface area contributed by atoms with Crippen LogP contribution in [-0.4, -0.2) is 31.7 Å². The van der Waals surface area contributed by atoms with Gasteiger partial charge in [-0.05, 0) is 19.2 Å². The zero-order valence-electron chi connectivity index (χ0n) is 13.0. The summed E-state index contributed by atoms with van der Waals surface area (Å²) in [4.78, 5) is 10.1. The second-order valence-electron chi connectivity index (χ2n) is 5.15. The Morgan fingerprint density at radius 1 is 1.45 bits per heavy atom. The summed E-state index contributed by atoms with van der Waals surface area (Å²) >= 11 is 0. The molecule has 0 heterocycles. The first-order valence-electron chi connectivity index (χ1n) is 7.22. The molecular formula is C15H24N4O3. The van der Waals surface area contributed by atoms with Crippen molar-refractivity contribution in [1.82, 2.24) is 10.6 Å². The summed E-state index contributed by atoms with van der Waals surface area (Å²) in [5, 5.41) is 16.8. The maximum atomic E-state index is 10.6. The van der Waals surface area contributed by atoms with Crippen molar-refractivity contribution in [2.75, 3.05) is 26.7 Å². The summed E-state index contributed by atoms with van der Waals surface area (Å²) in [6, 6.07) is 6.08. The summed E-state index contributed by atoms with van der Waals surface area (Å²) in [5.74, 6) is 0.907. The van der Waals surface area contributed by atoms with Crippen LogP contribution in [0.25, 0.3) is 0 Å². The number of nitrogens with two attached hydrogens (primary N) is 1. The first kappa shape index (κ1) is 17.8. The Kier molecular flexibility index (Phi) is 7.77. The molecule has 0 bridgehead atoms. The van der Waals surface area contributed by atoms with Gasteiger partial charge in [0.15, 0.2) is 0 Å². The third-order valence-electron chi connectivity index (χ3n) is 3.00. The SMILES string of the molecule is CNCC/C(N)=C/NC[C@H](C)COc1ccc([N+](=O)[O-])cc1. The minimum atomic E-state index is -0.429. The number of nitrogens with one attached hydrogen (secondary N) is 2. The number of hydrogen-bond donors (Lipinski definition) is 3. The van der Waals surface area contributed by atoms with Gasteiger partial charge >= 0.3 is 0 Å². The van der Waals surface area contributed by atoms with Crippen molar-refractivity contribution in [3.63, 3.8) is 0 Å². The maximum Gasteiger partial charge on any atom is 0.269 e. The largest absolute Gasteiger partial charge is 0.493 e. The highest BCUT2D eigenvalue weighted by Gasteiger charge is 2.06. The fourth-order valence-electron chi connectivity index (χ4n) is 1.69. The maximum absolute atomic E-state index is 10.6. The summed E-state index contributed by atoms with van der Waals surface area (Å²) in [5.41, 5.74) is 6.68. The van der Waals surface area contributed by atoms with E-state index in [1.807, 2.05) is 13.2 Å². The lowest BCUT2D eigenvalue weighted by molar-refractivity contribution is -0.384. The van der Waals surface area contributed by atoms with Gasteiger partial charge in [0.2, 0.25) is 0 Å². The molecule has 0 saturated carbocycles. The third-order valence-corrected chi connectivity index (χ3v) is 3.00. The van der Waals surface area contributed by atoms with Gasteiger partial charge in [-0.3, -0.25) is 10.1 Å². The zero-order chi connectivity index (χ0) is 16.4. The van der Waals surface area contributed by atoms with E-state index >= 15 is 0 Å². The first-order valence-corrected chi connectivity index (χ1v) is 7.22. The van der Waals surface area contributed by atoms with Gasteiger partial charge in [-0.15, -0.1) is 0 Å². The Hall–Kier alpha value is -2.28. The standard InChI is InChI=1S/C15H24N4O3/c1-12(9-18-10-13(16)7-8-17-2)11-22-15-5-3-14(4-6-15)19(20)21/h3-6,10,12,17-18H,7-9,11,16H2,1-2H3/b13-10-/t12-/m0/s1. The molecule has 0 spiro atoms. The van der Waals surface area contributed by atoms with E-state index in [1.165, 1.54) is 12.1 Å². The second kappa shape index (κ2) is 9.62. The van der Waals surface area contributed by atoms with Gasteiger partial charge in [-0.2, -0.15) is 0 Å². The molecule has 0 aliphatic heterocycles. The number of benzene rings is 1. The molecule has 1 rings (SSSR count). The summed E-state index contributed by atoms with van der Waals surface area (Å²) < 4.78 is 5.60. The molecule has 7 nitrogen and oxygen atoms in total. The predicted molar refractivity (Wildman–Crippen MR) is 86.6 cm³/mol. The topological polar surface area (TPSA) is 102 Å². The van der Waals surface area contributed by atoms with E-state index < -0.39 is 4.92 Å². The van der Waals surface area contributed by atoms with E-state index in [-0.39, 0.29) is 11.6 Å². The van der Waals surface area contributed by atoms with Crippen LogP contribution in [-0.2, 0) is 0 Å². The molecule has 22 heavy (non-hydrogen) atoms. The lowest BCUT2D eigenvalue weighted by Gasteiger charge is -2.13. The van der Waals surface area contributed by atoms with E-state index in [1.54, 1.807) is 12.1 Å². The molecule has 0 saturated heterocycles. The zero-order valence-corrected chi connectivity index (χ0v) is 13.0. The molecule has 0 radical (unpaired) electrons. The molecular weight excluding hydrogens is 284 g/mol. The Bertz CT molecular complexity index is 488. The third kappa shape index (κ3) is 6.94. The van der Waals surface area contributed by atoms with Crippen LogP contribution < -0.4 is 21.1 Å². The number of nitro benzene ring substituents is 1. The molecule has 0 aromatic heterocycles. The van der Waals surface area contributed by atoms with Crippen molar-refractivity contribution in [2.45, 2.75) is 13.3 Å². The van der Waals surface area contributed by atoms with E-state index in [4.69, 9.17) is 10.5 Å². The number of non-ortho nitro benzene ring substituents is 1. The molecule has 1 atom stereocenters. The molecule has 0 amide bonds. The fourth-order valence-corrected chi connectivity index (χ4v) is 1.69. The first-order chi connectivity index (χ1) is 10.5. The molecule has 0 aliphatic carbocycles. The molecule has 1 aromatic rings. The molecule has 0 aliphatic rings. The molecule has 0 fully saturated rings. The molecule has 7 heteroatoms. The van der Waals surface area contributed by atoms with Crippen molar-refractivity contribution in [1.29, 1.82) is 0 Å². The average Bonchev–Trinajstić information content (AvgIpc) is 2.51. The van der Waals surface area contributed by atoms with E-state index in [0.29, 0.717) is 12.4 Å². The van der Waals surface area contributed by atoms with Crippen LogP contribution in [0.15, 0.2) is 36.2 Å². The lowest BCUT2D eigenvalue weighted by Crippen LogP contribution is -2.23. The van der Waals surface area contributed by atoms with Gasteiger partial charge in [0, 0.05) is 49.5 Å². The predicted octanol–water partition coefficient (Wildman–Crippen LogP) is 1.61. The van der Waals surface area contributed by atoms with Crippen LogP contribution in [0.3, 0.4) is 0 Å². The molecule has 1 aromatic carbocycles. The van der Waals surface area contributed by atoms with Crippen LogP contribution in [0.2, 0.25) is 0 Å². The van der Waals surface area contributed by atoms with E-state index in [2.05, 4.69) is 17.6 Å². The van der Waals surface area contributed by atoms with E-state index in [0.717, 1.165) is 25.2 Å². The van der Waals surface area contributed by atoms with Crippen molar-refractivity contribution < 1.29 is 9.66 Å². The van der Waals surface area contributed by atoms with Crippen LogP contribution in [0.1, 0.15) is 13.3 Å². The minimum Gasteiger partial charge on any atom is -0.493 e. The van der Waals surface area contributed by atoms with Crippen molar-refractivity contribution in [3.8, 4) is 5.75 Å². The number of nitrogens with zero attached hydrogens (tertiary/aromatic N) is 1. The molecule has 122 valence electrons. The lowest BCUT2D eigenvalue weighted by atomic mass is 10.2. The van der Waals surface area contributed by atoms with Crippen LogP contribution in [0.4, 0.5) is 5.69 Å². The smallest absolute Gasteiger partial charge is 0.269 e. The highest BCUT2D eigenvalue weighted by molar-refractivity contribution is 5.35. The highest BCUT2D eigenvalue weighted by Crippen LogP contribution is 2.17. The summed E-state index contributed by atoms with van der Waals surface area (Å²) in [6.45, 7) is 4.17. The highest BCUT2D eigenvalue weighted by atomic mass is 16.6. The van der Waals surface area contributed by atoms with Crippen LogP contribution in [0, 0.1) is 16.0 Å². The van der Waals surface area contributed by atoms with Gasteiger partial charge in [-0.25, -0.2) is 0 Å². The number of ether oxygens (including phenoxy) is 1. The number of nitro groups is 1. The Balaban J connectivity index is 2.28. The molecule has 4 N–H and O–H groups in total. The normalized spacial score (nSPS) is 12.7. The molecule has 0 unspecified atom stereocenters. The second-order valence-corrected chi connectivity index (χ2v) is 5.15. The monoisotopic (exact) mass is 308 g/mol. The van der Waals surface area contributed by atoms with Gasteiger partial charge in [0.05, 0.1) is 11.5 Å². The van der Waals surface area contributed by atoms with Gasteiger partial charge in [-0.1, -0.05) is 6.92 Å². The number of rotatable bonds is 10. The van der Waals surface area contributed by atoms with E-state index in [9.17, 15) is 10.1 Å². The Morgan fingerprint density at radius 2 is 2.14 bits per heavy atom. The van der Waals surface area contributed by atoms with Crippen LogP contribution in [0.5, 0.6) is 5.75 Å². The quantitative estimate of drug-likeness (QED) is 0.448. The Morgan fingerprint density at radius 3 is 2.73 bits per heavy atom. The minimum absolute atomic E-state index is 0.0595. The van der Waals surface area contributed by atoms with Gasteiger partial charge < -0.3 is 21.1 Å². The average molecular weight is 308 g/mol. The number of hydrogen-bond acceptors (Lipinski definition) is 6. The van der Waals surface area contributed by atoms with Gasteiger partial charge in [0.1, 0.15) is 5.75 Å².